The predicted octanol–water partition coefficient (Wildman–Crippen LogP) is 3.31. The van der Waals surface area contributed by atoms with Gasteiger partial charge in [0.1, 0.15) is 11.6 Å². The monoisotopic (exact) mass is 254 g/mol. The maximum Gasteiger partial charge on any atom is 0.149 e. The van der Waals surface area contributed by atoms with E-state index in [0.29, 0.717) is 23.6 Å². The van der Waals surface area contributed by atoms with Crippen LogP contribution in [-0.2, 0) is 6.42 Å². The minimum atomic E-state index is -0.578. The molecule has 4 heteroatoms. The van der Waals surface area contributed by atoms with Crippen molar-refractivity contribution >= 4 is 5.69 Å². The Bertz CT molecular complexity index is 405. The van der Waals surface area contributed by atoms with Crippen molar-refractivity contribution in [3.63, 3.8) is 0 Å². The van der Waals surface area contributed by atoms with Gasteiger partial charge in [-0.05, 0) is 50.2 Å². The molecule has 1 atom stereocenters. The van der Waals surface area contributed by atoms with Crippen molar-refractivity contribution in [2.75, 3.05) is 18.9 Å². The van der Waals surface area contributed by atoms with E-state index >= 15 is 0 Å². The molecule has 0 aliphatic rings. The van der Waals surface area contributed by atoms with E-state index in [1.807, 2.05) is 7.05 Å². The quantitative estimate of drug-likeness (QED) is 0.780. The standard InChI is InChI=1S/C14H20F2N2/c1-4-18-14-11(6-5-10(2)9-17-3)7-12(15)8-13(14)16/h4,7-8,10,17-18H,1,5-6,9H2,2-3H3. The van der Waals surface area contributed by atoms with Crippen LogP contribution in [0.3, 0.4) is 0 Å². The number of rotatable bonds is 7. The highest BCUT2D eigenvalue weighted by atomic mass is 19.1. The fourth-order valence-electron chi connectivity index (χ4n) is 1.94. The lowest BCUT2D eigenvalue weighted by atomic mass is 9.99. The molecule has 0 bridgehead atoms. The summed E-state index contributed by atoms with van der Waals surface area (Å²) in [5.74, 6) is -0.664. The van der Waals surface area contributed by atoms with Crippen molar-refractivity contribution in [3.05, 3.63) is 42.1 Å². The second kappa shape index (κ2) is 7.11. The van der Waals surface area contributed by atoms with Gasteiger partial charge < -0.3 is 10.6 Å². The molecule has 1 unspecified atom stereocenters. The summed E-state index contributed by atoms with van der Waals surface area (Å²) in [4.78, 5) is 0. The first-order valence-electron chi connectivity index (χ1n) is 6.08. The van der Waals surface area contributed by atoms with Crippen LogP contribution in [0.25, 0.3) is 0 Å². The minimum Gasteiger partial charge on any atom is -0.360 e. The zero-order valence-electron chi connectivity index (χ0n) is 10.9. The molecule has 1 aromatic carbocycles. The Morgan fingerprint density at radius 3 is 2.72 bits per heavy atom. The molecule has 0 fully saturated rings. The molecule has 0 aliphatic heterocycles. The van der Waals surface area contributed by atoms with Crippen LogP contribution >= 0.6 is 0 Å². The van der Waals surface area contributed by atoms with Crippen molar-refractivity contribution in [2.45, 2.75) is 19.8 Å². The number of nitrogens with one attached hydrogen (secondary N) is 2. The van der Waals surface area contributed by atoms with Crippen LogP contribution in [-0.4, -0.2) is 13.6 Å². The molecule has 2 nitrogen and oxygen atoms in total. The Hall–Kier alpha value is -1.42. The molecule has 0 saturated carbocycles. The summed E-state index contributed by atoms with van der Waals surface area (Å²) in [5, 5.41) is 5.82. The zero-order valence-corrected chi connectivity index (χ0v) is 10.9. The van der Waals surface area contributed by atoms with Crippen molar-refractivity contribution < 1.29 is 8.78 Å². The molecule has 2 N–H and O–H groups in total. The Morgan fingerprint density at radius 1 is 1.39 bits per heavy atom. The van der Waals surface area contributed by atoms with E-state index < -0.39 is 11.6 Å². The number of benzene rings is 1. The third kappa shape index (κ3) is 4.11. The summed E-state index contributed by atoms with van der Waals surface area (Å²) in [7, 11) is 1.89. The number of halogens is 2. The van der Waals surface area contributed by atoms with E-state index in [9.17, 15) is 8.78 Å². The lowest BCUT2D eigenvalue weighted by Crippen LogP contribution is -2.16. The Morgan fingerprint density at radius 2 is 2.11 bits per heavy atom. The van der Waals surface area contributed by atoms with Gasteiger partial charge in [-0.1, -0.05) is 13.5 Å². The molecule has 0 radical (unpaired) electrons. The highest BCUT2D eigenvalue weighted by Gasteiger charge is 2.11. The highest BCUT2D eigenvalue weighted by molar-refractivity contribution is 5.54. The molecule has 1 aromatic rings. The van der Waals surface area contributed by atoms with Gasteiger partial charge in [-0.3, -0.25) is 0 Å². The van der Waals surface area contributed by atoms with E-state index in [1.165, 1.54) is 12.3 Å². The lowest BCUT2D eigenvalue weighted by molar-refractivity contribution is 0.502. The number of hydrogen-bond acceptors (Lipinski definition) is 2. The fourth-order valence-corrected chi connectivity index (χ4v) is 1.94. The van der Waals surface area contributed by atoms with Crippen molar-refractivity contribution in [3.8, 4) is 0 Å². The van der Waals surface area contributed by atoms with E-state index in [1.54, 1.807) is 0 Å². The summed E-state index contributed by atoms with van der Waals surface area (Å²) in [5.41, 5.74) is 0.971. The van der Waals surface area contributed by atoms with Crippen LogP contribution in [0.15, 0.2) is 24.9 Å². The first-order valence-corrected chi connectivity index (χ1v) is 6.08. The molecule has 0 heterocycles. The van der Waals surface area contributed by atoms with E-state index in [2.05, 4.69) is 24.1 Å². The fraction of sp³-hybridized carbons (Fsp3) is 0.429. The predicted molar refractivity (Wildman–Crippen MR) is 71.6 cm³/mol. The Labute approximate surface area is 107 Å². The minimum absolute atomic E-state index is 0.322. The topological polar surface area (TPSA) is 24.1 Å². The van der Waals surface area contributed by atoms with Gasteiger partial charge >= 0.3 is 0 Å². The van der Waals surface area contributed by atoms with Gasteiger partial charge in [-0.2, -0.15) is 0 Å². The average Bonchev–Trinajstić information content (AvgIpc) is 2.31. The summed E-state index contributed by atoms with van der Waals surface area (Å²) in [6.45, 7) is 6.50. The van der Waals surface area contributed by atoms with E-state index in [0.717, 1.165) is 19.0 Å². The second-order valence-corrected chi connectivity index (χ2v) is 4.47. The molecule has 1 rings (SSSR count). The largest absolute Gasteiger partial charge is 0.360 e. The van der Waals surface area contributed by atoms with Gasteiger partial charge in [0.05, 0.1) is 5.69 Å². The van der Waals surface area contributed by atoms with Gasteiger partial charge in [-0.25, -0.2) is 8.78 Å². The molecule has 100 valence electrons. The van der Waals surface area contributed by atoms with E-state index in [4.69, 9.17) is 0 Å². The van der Waals surface area contributed by atoms with Crippen LogP contribution in [0.4, 0.5) is 14.5 Å². The van der Waals surface area contributed by atoms with Gasteiger partial charge in [0, 0.05) is 6.07 Å². The molecule has 18 heavy (non-hydrogen) atoms. The number of anilines is 1. The van der Waals surface area contributed by atoms with Gasteiger partial charge in [-0.15, -0.1) is 0 Å². The summed E-state index contributed by atoms with van der Waals surface area (Å²) in [6.07, 6.45) is 2.90. The Balaban J connectivity index is 2.82. The molecule has 0 aromatic heterocycles. The highest BCUT2D eigenvalue weighted by Crippen LogP contribution is 2.24. The second-order valence-electron chi connectivity index (χ2n) is 4.47. The van der Waals surface area contributed by atoms with Crippen LogP contribution in [0.1, 0.15) is 18.9 Å². The lowest BCUT2D eigenvalue weighted by Gasteiger charge is -2.14. The van der Waals surface area contributed by atoms with Crippen molar-refractivity contribution in [1.29, 1.82) is 0 Å². The van der Waals surface area contributed by atoms with Gasteiger partial charge in [0.15, 0.2) is 0 Å². The van der Waals surface area contributed by atoms with Gasteiger partial charge in [0.2, 0.25) is 0 Å². The average molecular weight is 254 g/mol. The molecule has 0 amide bonds. The normalized spacial score (nSPS) is 12.2. The van der Waals surface area contributed by atoms with Crippen molar-refractivity contribution in [2.24, 2.45) is 5.92 Å². The van der Waals surface area contributed by atoms with Crippen LogP contribution in [0.5, 0.6) is 0 Å². The summed E-state index contributed by atoms with van der Waals surface area (Å²) < 4.78 is 26.8. The molecule has 0 spiro atoms. The molecule has 0 aliphatic carbocycles. The third-order valence-corrected chi connectivity index (χ3v) is 2.84. The SMILES string of the molecule is C=CNc1c(F)cc(F)cc1CCC(C)CNC. The van der Waals surface area contributed by atoms with Crippen LogP contribution < -0.4 is 10.6 Å². The number of aryl methyl sites for hydroxylation is 1. The van der Waals surface area contributed by atoms with Crippen LogP contribution in [0.2, 0.25) is 0 Å². The first-order chi connectivity index (χ1) is 8.58. The first kappa shape index (κ1) is 14.6. The molecular weight excluding hydrogens is 234 g/mol. The zero-order chi connectivity index (χ0) is 13.5. The summed E-state index contributed by atoms with van der Waals surface area (Å²) >= 11 is 0. The van der Waals surface area contributed by atoms with Gasteiger partial charge in [0.25, 0.3) is 0 Å². The van der Waals surface area contributed by atoms with E-state index in [-0.39, 0.29) is 0 Å². The maximum atomic E-state index is 13.6. The molecular formula is C14H20F2N2. The Kier molecular flexibility index (Phi) is 5.78. The summed E-state index contributed by atoms with van der Waals surface area (Å²) in [6, 6.07) is 2.26. The third-order valence-electron chi connectivity index (χ3n) is 2.84. The van der Waals surface area contributed by atoms with Crippen molar-refractivity contribution in [1.82, 2.24) is 5.32 Å². The number of hydrogen-bond donors (Lipinski definition) is 2. The smallest absolute Gasteiger partial charge is 0.149 e. The van der Waals surface area contributed by atoms with Crippen LogP contribution in [0, 0.1) is 17.6 Å². The molecule has 0 saturated heterocycles. The maximum absolute atomic E-state index is 13.6.